The molecular formula is C58H31BCl8F12O4Se. The maximum absolute atomic E-state index is 16.0. The third-order valence-corrected chi connectivity index (χ3v) is 20.7. The maximum atomic E-state index is 16.0. The van der Waals surface area contributed by atoms with Crippen molar-refractivity contribution in [2.24, 2.45) is 0 Å². The normalized spacial score (nSPS) is 11.4. The van der Waals surface area contributed by atoms with Crippen molar-refractivity contribution in [1.29, 1.82) is 0 Å². The third-order valence-electron chi connectivity index (χ3n) is 12.5. The number of ether oxygens (including phenoxy) is 4. The Hall–Kier alpha value is -5.76. The fourth-order valence-electron chi connectivity index (χ4n) is 8.94. The van der Waals surface area contributed by atoms with E-state index in [0.29, 0.717) is 26.4 Å². The first-order chi connectivity index (χ1) is 40.1. The molecule has 4 nitrogen and oxygen atoms in total. The molecule has 0 aliphatic rings. The second-order valence-electron chi connectivity index (χ2n) is 17.3. The Kier molecular flexibility index (Phi) is 21.2. The molecule has 436 valence electrons. The van der Waals surface area contributed by atoms with Gasteiger partial charge in [-0.15, -0.1) is 21.9 Å². The number of rotatable bonds is 17. The van der Waals surface area contributed by atoms with Crippen molar-refractivity contribution < 1.29 is 71.6 Å². The SMILES string of the molecule is Fc1c(F)c(Cl)c(Cl)c([B-](c2c(F)c(F)c(F)c(Cl)c2Cl)(c2c(F)c(F)c(F)c(Cl)c2Cl)c2c(F)c(F)c(F)c(Cl)c2Cl)c1F.c1ccc(OCCOc2ccccc2[Se+](c2ccccc2)c2ccccc2OCCOc2ccccc2)cc1. The van der Waals surface area contributed by atoms with Gasteiger partial charge in [-0.05, 0) is 0 Å². The Bertz CT molecular complexity index is 3430. The summed E-state index contributed by atoms with van der Waals surface area (Å²) in [5.74, 6) is -27.8. The molecule has 9 rings (SSSR count). The standard InChI is InChI=1S/C34H31O4Se.C24BCl8F12/c1-4-14-28(15-5-1)35-24-26-37-31-20-10-12-22-33(31)39(30-18-8-3-9-19-30)34-23-13-11-21-32(34)38-27-25-36-29-16-6-2-7-17-29;26-5-1(13(34)21(42)17(38)9(5)30)25(2-6(27)10(31)18(39)22(43)14(2)35,3-7(28)11(32)19(40)23(44)15(3)36)4-8(29)12(33)20(41)24(45)16(4)37/h1-23H,24-27H2;/q+1;-1. The summed E-state index contributed by atoms with van der Waals surface area (Å²) in [4.78, 5) is 0. The van der Waals surface area contributed by atoms with Gasteiger partial charge in [-0.3, -0.25) is 0 Å². The third kappa shape index (κ3) is 12.4. The summed E-state index contributed by atoms with van der Waals surface area (Å²) in [6.45, 7) is 1.84. The number of hydrogen-bond donors (Lipinski definition) is 0. The van der Waals surface area contributed by atoms with Crippen molar-refractivity contribution in [1.82, 2.24) is 0 Å². The van der Waals surface area contributed by atoms with Crippen LogP contribution in [0, 0.1) is 69.8 Å². The average molecular weight is 1390 g/mol. The van der Waals surface area contributed by atoms with Crippen molar-refractivity contribution in [3.05, 3.63) is 250 Å². The molecule has 0 aliphatic heterocycles. The van der Waals surface area contributed by atoms with Crippen LogP contribution in [0.2, 0.25) is 40.2 Å². The molecule has 0 N–H and O–H groups in total. The van der Waals surface area contributed by atoms with E-state index in [0.717, 1.165) is 23.0 Å². The first kappa shape index (κ1) is 64.2. The number of benzene rings is 9. The first-order valence-electron chi connectivity index (χ1n) is 23.9. The van der Waals surface area contributed by atoms with Crippen LogP contribution < -0.4 is 54.2 Å². The van der Waals surface area contributed by atoms with Gasteiger partial charge in [0, 0.05) is 20.1 Å². The zero-order chi connectivity index (χ0) is 60.9. The summed E-state index contributed by atoms with van der Waals surface area (Å²) >= 11 is 44.9. The predicted molar refractivity (Wildman–Crippen MR) is 308 cm³/mol. The number of para-hydroxylation sites is 4. The summed E-state index contributed by atoms with van der Waals surface area (Å²) in [7, 11) is 0. The van der Waals surface area contributed by atoms with Gasteiger partial charge in [0.25, 0.3) is 0 Å². The summed E-state index contributed by atoms with van der Waals surface area (Å²) in [5.41, 5.74) is -8.47. The second-order valence-corrected chi connectivity index (χ2v) is 24.5. The van der Waals surface area contributed by atoms with E-state index in [1.165, 1.54) is 13.4 Å². The fraction of sp³-hybridized carbons (Fsp3) is 0.0690. The Labute approximate surface area is 515 Å². The van der Waals surface area contributed by atoms with E-state index in [-0.39, 0.29) is 0 Å². The van der Waals surface area contributed by atoms with E-state index >= 15 is 35.1 Å². The summed E-state index contributed by atoms with van der Waals surface area (Å²) in [5, 5.41) is -13.9. The molecule has 0 aliphatic carbocycles. The van der Waals surface area contributed by atoms with Crippen LogP contribution in [-0.4, -0.2) is 46.5 Å². The van der Waals surface area contributed by atoms with Crippen LogP contribution in [0.5, 0.6) is 23.0 Å². The van der Waals surface area contributed by atoms with E-state index in [1.807, 2.05) is 72.8 Å². The minimum absolute atomic E-state index is 0.453. The fourth-order valence-corrected chi connectivity index (χ4v) is 15.7. The van der Waals surface area contributed by atoms with Crippen molar-refractivity contribution >= 4 is 148 Å². The first-order valence-corrected chi connectivity index (χ1v) is 29.5. The molecule has 9 aromatic carbocycles. The van der Waals surface area contributed by atoms with Gasteiger partial charge in [0.1, 0.15) is 29.4 Å². The van der Waals surface area contributed by atoms with Gasteiger partial charge in [-0.1, -0.05) is 92.8 Å². The molecule has 0 fully saturated rings. The molecule has 84 heavy (non-hydrogen) atoms. The van der Waals surface area contributed by atoms with Crippen molar-refractivity contribution in [3.8, 4) is 23.0 Å². The average Bonchev–Trinajstić information content (AvgIpc) is 0.726. The summed E-state index contributed by atoms with van der Waals surface area (Å²) < 4.78 is 210. The zero-order valence-electron chi connectivity index (χ0n) is 41.8. The van der Waals surface area contributed by atoms with Crippen molar-refractivity contribution in [2.45, 2.75) is 0 Å². The Morgan fingerprint density at radius 1 is 0.274 bits per heavy atom. The van der Waals surface area contributed by atoms with E-state index in [4.69, 9.17) is 112 Å². The molecule has 0 aromatic heterocycles. The van der Waals surface area contributed by atoms with Crippen LogP contribution in [0.15, 0.2) is 140 Å². The zero-order valence-corrected chi connectivity index (χ0v) is 49.5. The molecule has 0 radical (unpaired) electrons. The van der Waals surface area contributed by atoms with E-state index in [9.17, 15) is 17.6 Å². The minimum atomic E-state index is -5.62. The molecule has 0 spiro atoms. The predicted octanol–water partition coefficient (Wildman–Crippen LogP) is 15.1. The Balaban J connectivity index is 0.000000221. The van der Waals surface area contributed by atoms with Gasteiger partial charge < -0.3 is 0 Å². The van der Waals surface area contributed by atoms with Gasteiger partial charge >= 0.3 is 235 Å². The van der Waals surface area contributed by atoms with Crippen LogP contribution in [0.1, 0.15) is 0 Å². The second kappa shape index (κ2) is 27.7. The molecule has 0 unspecified atom stereocenters. The number of hydrogen-bond acceptors (Lipinski definition) is 4. The van der Waals surface area contributed by atoms with Crippen LogP contribution in [0.4, 0.5) is 52.7 Å². The van der Waals surface area contributed by atoms with Gasteiger partial charge in [-0.2, -0.15) is 0 Å². The molecule has 0 heterocycles. The molecule has 0 bridgehead atoms. The van der Waals surface area contributed by atoms with Crippen LogP contribution in [-0.2, 0) is 0 Å². The Morgan fingerprint density at radius 3 is 0.821 bits per heavy atom. The van der Waals surface area contributed by atoms with E-state index < -0.39 is 152 Å². The van der Waals surface area contributed by atoms with E-state index in [2.05, 4.69) is 66.7 Å². The van der Waals surface area contributed by atoms with Gasteiger partial charge in [-0.25, -0.2) is 52.7 Å². The summed E-state index contributed by atoms with van der Waals surface area (Å²) in [6, 6.07) is 47.0. The van der Waals surface area contributed by atoms with E-state index in [1.54, 1.807) is 0 Å². The quantitative estimate of drug-likeness (QED) is 0.0299. The monoisotopic (exact) mass is 1390 g/mol. The molecule has 0 atom stereocenters. The molecule has 0 saturated heterocycles. The molecule has 26 heteroatoms. The van der Waals surface area contributed by atoms with Gasteiger partial charge in [0.05, 0.1) is 20.1 Å². The van der Waals surface area contributed by atoms with Crippen molar-refractivity contribution in [3.63, 3.8) is 0 Å². The Morgan fingerprint density at radius 2 is 0.524 bits per heavy atom. The number of halogens is 20. The van der Waals surface area contributed by atoms with Gasteiger partial charge in [0.15, 0.2) is 46.5 Å². The molecular weight excluding hydrogens is 1360 g/mol. The van der Waals surface area contributed by atoms with Gasteiger partial charge in [0.2, 0.25) is 0 Å². The molecule has 9 aromatic rings. The van der Waals surface area contributed by atoms with Crippen LogP contribution in [0.25, 0.3) is 0 Å². The summed E-state index contributed by atoms with van der Waals surface area (Å²) in [6.07, 6.45) is -5.62. The van der Waals surface area contributed by atoms with Crippen molar-refractivity contribution in [2.75, 3.05) is 26.4 Å². The topological polar surface area (TPSA) is 36.9 Å². The molecule has 0 saturated carbocycles. The van der Waals surface area contributed by atoms with Crippen LogP contribution >= 0.6 is 92.8 Å². The molecule has 0 amide bonds. The van der Waals surface area contributed by atoms with Crippen LogP contribution in [0.3, 0.4) is 0 Å².